The average Bonchev–Trinajstić information content (AvgIpc) is 2.26. The van der Waals surface area contributed by atoms with Crippen LogP contribution in [0.4, 0.5) is 0 Å². The second-order valence-electron chi connectivity index (χ2n) is 6.84. The zero-order chi connectivity index (χ0) is 12.8. The normalized spacial score (nSPS) is 43.3. The van der Waals surface area contributed by atoms with Crippen LogP contribution in [-0.4, -0.2) is 17.1 Å². The molecule has 1 atom stereocenters. The van der Waals surface area contributed by atoms with Crippen molar-refractivity contribution in [3.63, 3.8) is 0 Å². The fourth-order valence-electron chi connectivity index (χ4n) is 5.15. The van der Waals surface area contributed by atoms with Crippen LogP contribution in [0.3, 0.4) is 0 Å². The molecule has 4 aliphatic rings. The van der Waals surface area contributed by atoms with Crippen LogP contribution in [0.25, 0.3) is 0 Å². The Labute approximate surface area is 109 Å². The van der Waals surface area contributed by atoms with Crippen LogP contribution in [0.1, 0.15) is 45.4 Å². The summed E-state index contributed by atoms with van der Waals surface area (Å²) in [7, 11) is 0. The molecule has 0 aromatic rings. The fourth-order valence-corrected chi connectivity index (χ4v) is 5.15. The smallest absolute Gasteiger partial charge is 0.329 e. The van der Waals surface area contributed by atoms with E-state index in [1.165, 1.54) is 44.6 Å². The summed E-state index contributed by atoms with van der Waals surface area (Å²) in [5.41, 5.74) is 0.442. The SMILES string of the molecule is CC(N/C=C/C(=O)O)C12CC3CC(CC(C3)C1)C2. The number of carbonyl (C=O) groups is 1. The van der Waals surface area contributed by atoms with Crippen molar-refractivity contribution in [1.82, 2.24) is 5.32 Å². The number of carboxylic acid groups (broad SMARTS) is 1. The molecule has 0 saturated heterocycles. The zero-order valence-electron chi connectivity index (χ0n) is 11.1. The maximum Gasteiger partial charge on any atom is 0.329 e. The van der Waals surface area contributed by atoms with Crippen molar-refractivity contribution in [3.8, 4) is 0 Å². The molecule has 3 heteroatoms. The Morgan fingerprint density at radius 2 is 1.72 bits per heavy atom. The van der Waals surface area contributed by atoms with Crippen LogP contribution >= 0.6 is 0 Å². The first-order valence-electron chi connectivity index (χ1n) is 7.23. The molecular weight excluding hydrogens is 226 g/mol. The van der Waals surface area contributed by atoms with Crippen LogP contribution in [-0.2, 0) is 4.79 Å². The molecule has 3 nitrogen and oxygen atoms in total. The lowest BCUT2D eigenvalue weighted by molar-refractivity contribution is -0.131. The van der Waals surface area contributed by atoms with E-state index in [-0.39, 0.29) is 0 Å². The van der Waals surface area contributed by atoms with Crippen LogP contribution in [0.2, 0.25) is 0 Å². The number of aliphatic carboxylic acids is 1. The molecule has 4 saturated carbocycles. The van der Waals surface area contributed by atoms with Crippen molar-refractivity contribution < 1.29 is 9.90 Å². The highest BCUT2D eigenvalue weighted by atomic mass is 16.4. The van der Waals surface area contributed by atoms with Gasteiger partial charge in [-0.25, -0.2) is 4.79 Å². The fraction of sp³-hybridized carbons (Fsp3) is 0.800. The molecule has 4 bridgehead atoms. The van der Waals surface area contributed by atoms with Crippen molar-refractivity contribution in [2.45, 2.75) is 51.5 Å². The molecule has 4 aliphatic carbocycles. The molecule has 1 unspecified atom stereocenters. The van der Waals surface area contributed by atoms with Crippen molar-refractivity contribution >= 4 is 5.97 Å². The van der Waals surface area contributed by atoms with E-state index in [4.69, 9.17) is 5.11 Å². The van der Waals surface area contributed by atoms with Gasteiger partial charge in [0.25, 0.3) is 0 Å². The van der Waals surface area contributed by atoms with Gasteiger partial charge < -0.3 is 10.4 Å². The van der Waals surface area contributed by atoms with Crippen molar-refractivity contribution in [3.05, 3.63) is 12.3 Å². The Kier molecular flexibility index (Phi) is 2.87. The van der Waals surface area contributed by atoms with E-state index in [2.05, 4.69) is 12.2 Å². The van der Waals surface area contributed by atoms with E-state index in [9.17, 15) is 4.79 Å². The number of hydrogen-bond acceptors (Lipinski definition) is 2. The standard InChI is InChI=1S/C15H23NO2/c1-10(16-3-2-14(17)18)15-7-11-4-12(8-15)6-13(5-11)9-15/h2-3,10-13,16H,4-9H2,1H3,(H,17,18)/b3-2+. The molecule has 0 aromatic carbocycles. The Morgan fingerprint density at radius 3 is 2.17 bits per heavy atom. The zero-order valence-corrected chi connectivity index (χ0v) is 11.1. The van der Waals surface area contributed by atoms with E-state index in [1.807, 2.05) is 0 Å². The molecule has 18 heavy (non-hydrogen) atoms. The highest BCUT2D eigenvalue weighted by molar-refractivity contribution is 5.79. The Bertz CT molecular complexity index is 339. The van der Waals surface area contributed by atoms with Gasteiger partial charge in [0.15, 0.2) is 0 Å². The summed E-state index contributed by atoms with van der Waals surface area (Å²) in [6.45, 7) is 2.24. The number of rotatable bonds is 4. The van der Waals surface area contributed by atoms with Gasteiger partial charge in [0.05, 0.1) is 0 Å². The number of nitrogens with one attached hydrogen (secondary N) is 1. The number of hydrogen-bond donors (Lipinski definition) is 2. The van der Waals surface area contributed by atoms with Crippen molar-refractivity contribution in [2.24, 2.45) is 23.2 Å². The van der Waals surface area contributed by atoms with E-state index in [1.54, 1.807) is 6.20 Å². The molecule has 0 aliphatic heterocycles. The lowest BCUT2D eigenvalue weighted by atomic mass is 9.48. The molecule has 2 N–H and O–H groups in total. The molecule has 0 heterocycles. The van der Waals surface area contributed by atoms with Gasteiger partial charge in [-0.3, -0.25) is 0 Å². The average molecular weight is 249 g/mol. The molecular formula is C15H23NO2. The predicted octanol–water partition coefficient (Wildman–Crippen LogP) is 2.78. The van der Waals surface area contributed by atoms with Gasteiger partial charge in [0.1, 0.15) is 0 Å². The highest BCUT2D eigenvalue weighted by Gasteiger charge is 2.52. The summed E-state index contributed by atoms with van der Waals surface area (Å²) in [6.07, 6.45) is 11.3. The summed E-state index contributed by atoms with van der Waals surface area (Å²) >= 11 is 0. The second-order valence-corrected chi connectivity index (χ2v) is 6.84. The van der Waals surface area contributed by atoms with E-state index in [0.29, 0.717) is 11.5 Å². The van der Waals surface area contributed by atoms with Gasteiger partial charge in [-0.1, -0.05) is 0 Å². The molecule has 0 spiro atoms. The van der Waals surface area contributed by atoms with Gasteiger partial charge in [-0.15, -0.1) is 0 Å². The van der Waals surface area contributed by atoms with Gasteiger partial charge in [0.2, 0.25) is 0 Å². The Hall–Kier alpha value is -0.990. The topological polar surface area (TPSA) is 49.3 Å². The largest absolute Gasteiger partial charge is 0.478 e. The van der Waals surface area contributed by atoms with Crippen LogP contribution in [0.15, 0.2) is 12.3 Å². The minimum atomic E-state index is -0.875. The summed E-state index contributed by atoms with van der Waals surface area (Å²) in [4.78, 5) is 10.5. The monoisotopic (exact) mass is 249 g/mol. The lowest BCUT2D eigenvalue weighted by Gasteiger charge is -2.59. The molecule has 100 valence electrons. The quantitative estimate of drug-likeness (QED) is 0.753. The van der Waals surface area contributed by atoms with E-state index < -0.39 is 5.97 Å². The molecule has 4 rings (SSSR count). The summed E-state index contributed by atoms with van der Waals surface area (Å²) in [5, 5.41) is 11.9. The first-order chi connectivity index (χ1) is 8.57. The number of carboxylic acids is 1. The van der Waals surface area contributed by atoms with Crippen LogP contribution in [0.5, 0.6) is 0 Å². The van der Waals surface area contributed by atoms with Crippen LogP contribution < -0.4 is 5.32 Å². The predicted molar refractivity (Wildman–Crippen MR) is 70.0 cm³/mol. The third-order valence-electron chi connectivity index (χ3n) is 5.58. The molecule has 0 amide bonds. The minimum Gasteiger partial charge on any atom is -0.478 e. The van der Waals surface area contributed by atoms with Gasteiger partial charge >= 0.3 is 5.97 Å². The third-order valence-corrected chi connectivity index (χ3v) is 5.58. The van der Waals surface area contributed by atoms with Crippen molar-refractivity contribution in [1.29, 1.82) is 0 Å². The first-order valence-corrected chi connectivity index (χ1v) is 7.23. The lowest BCUT2D eigenvalue weighted by Crippen LogP contribution is -2.54. The second kappa shape index (κ2) is 4.29. The van der Waals surface area contributed by atoms with Crippen molar-refractivity contribution in [2.75, 3.05) is 0 Å². The van der Waals surface area contributed by atoms with E-state index >= 15 is 0 Å². The van der Waals surface area contributed by atoms with Crippen LogP contribution in [0, 0.1) is 23.2 Å². The maximum absolute atomic E-state index is 10.5. The Balaban J connectivity index is 1.69. The van der Waals surface area contributed by atoms with Gasteiger partial charge in [-0.2, -0.15) is 0 Å². The highest BCUT2D eigenvalue weighted by Crippen LogP contribution is 2.61. The minimum absolute atomic E-state index is 0.404. The summed E-state index contributed by atoms with van der Waals surface area (Å²) < 4.78 is 0. The summed E-state index contributed by atoms with van der Waals surface area (Å²) in [5.74, 6) is 1.97. The van der Waals surface area contributed by atoms with Gasteiger partial charge in [-0.05, 0) is 68.6 Å². The van der Waals surface area contributed by atoms with E-state index in [0.717, 1.165) is 17.8 Å². The molecule has 0 aromatic heterocycles. The molecule has 0 radical (unpaired) electrons. The van der Waals surface area contributed by atoms with Gasteiger partial charge in [0, 0.05) is 18.3 Å². The first kappa shape index (κ1) is 12.1. The molecule has 4 fully saturated rings. The maximum atomic E-state index is 10.5. The Morgan fingerprint density at radius 1 is 1.22 bits per heavy atom. The third kappa shape index (κ3) is 2.04. The summed E-state index contributed by atoms with van der Waals surface area (Å²) in [6, 6.07) is 0.404.